The molecular weight excluding hydrogens is 253 g/mol. The third-order valence-corrected chi connectivity index (χ3v) is 3.59. The lowest BCUT2D eigenvalue weighted by atomic mass is 10.0. The van der Waals surface area contributed by atoms with E-state index in [1.807, 2.05) is 6.92 Å². The molecule has 0 aliphatic carbocycles. The average molecular weight is 272 g/mol. The Bertz CT molecular complexity index is 431. The molecule has 1 aliphatic heterocycles. The molecule has 1 fully saturated rings. The van der Waals surface area contributed by atoms with E-state index >= 15 is 0 Å². The average Bonchev–Trinajstić information content (AvgIpc) is 2.74. The maximum absolute atomic E-state index is 12.7. The summed E-state index contributed by atoms with van der Waals surface area (Å²) in [5, 5.41) is 3.40. The summed E-state index contributed by atoms with van der Waals surface area (Å²) in [5.41, 5.74) is 0.103. The summed E-state index contributed by atoms with van der Waals surface area (Å²) in [7, 11) is 2.05. The van der Waals surface area contributed by atoms with Gasteiger partial charge in [-0.1, -0.05) is 12.1 Å². The molecule has 2 atom stereocenters. The molecule has 0 saturated carbocycles. The Labute approximate surface area is 111 Å². The number of alkyl halides is 3. The van der Waals surface area contributed by atoms with Crippen molar-refractivity contribution in [2.24, 2.45) is 0 Å². The Morgan fingerprint density at radius 3 is 2.68 bits per heavy atom. The predicted octanol–water partition coefficient (Wildman–Crippen LogP) is 3.06. The van der Waals surface area contributed by atoms with E-state index < -0.39 is 11.7 Å². The standard InChI is InChI=1S/C14H19F3N2/c1-10(18-13-6-7-19(2)9-13)11-4-3-5-12(8-11)14(15,16)17/h3-5,8,10,13,18H,6-7,9H2,1-2H3. The van der Waals surface area contributed by atoms with Crippen LogP contribution in [0.15, 0.2) is 24.3 Å². The Balaban J connectivity index is 2.05. The maximum atomic E-state index is 12.7. The first-order valence-corrected chi connectivity index (χ1v) is 6.48. The minimum Gasteiger partial charge on any atom is -0.306 e. The topological polar surface area (TPSA) is 15.3 Å². The molecule has 1 saturated heterocycles. The van der Waals surface area contributed by atoms with Crippen LogP contribution in [-0.2, 0) is 6.18 Å². The van der Waals surface area contributed by atoms with E-state index in [1.54, 1.807) is 6.07 Å². The summed E-state index contributed by atoms with van der Waals surface area (Å²) >= 11 is 0. The molecule has 0 amide bonds. The summed E-state index contributed by atoms with van der Waals surface area (Å²) in [6, 6.07) is 5.84. The number of hydrogen-bond acceptors (Lipinski definition) is 2. The molecule has 1 aromatic rings. The van der Waals surface area contributed by atoms with E-state index in [4.69, 9.17) is 0 Å². The van der Waals surface area contributed by atoms with E-state index in [0.717, 1.165) is 25.6 Å². The van der Waals surface area contributed by atoms with Crippen molar-refractivity contribution in [3.63, 3.8) is 0 Å². The highest BCUT2D eigenvalue weighted by atomic mass is 19.4. The normalized spacial score (nSPS) is 22.7. The number of nitrogens with one attached hydrogen (secondary N) is 1. The fourth-order valence-corrected chi connectivity index (χ4v) is 2.51. The maximum Gasteiger partial charge on any atom is 0.416 e. The highest BCUT2D eigenvalue weighted by molar-refractivity contribution is 5.27. The van der Waals surface area contributed by atoms with Gasteiger partial charge in [-0.15, -0.1) is 0 Å². The van der Waals surface area contributed by atoms with Crippen molar-refractivity contribution < 1.29 is 13.2 Å². The number of likely N-dealkylation sites (tertiary alicyclic amines) is 1. The lowest BCUT2D eigenvalue weighted by Gasteiger charge is -2.20. The van der Waals surface area contributed by atoms with Gasteiger partial charge in [0.2, 0.25) is 0 Å². The first kappa shape index (κ1) is 14.3. The minimum atomic E-state index is -4.27. The van der Waals surface area contributed by atoms with Gasteiger partial charge in [0.15, 0.2) is 0 Å². The molecule has 2 rings (SSSR count). The highest BCUT2D eigenvalue weighted by Crippen LogP contribution is 2.30. The molecule has 2 nitrogen and oxygen atoms in total. The van der Waals surface area contributed by atoms with E-state index in [-0.39, 0.29) is 6.04 Å². The van der Waals surface area contributed by atoms with Crippen LogP contribution in [0.5, 0.6) is 0 Å². The Morgan fingerprint density at radius 1 is 1.37 bits per heavy atom. The number of nitrogens with zero attached hydrogens (tertiary/aromatic N) is 1. The first-order valence-electron chi connectivity index (χ1n) is 6.48. The van der Waals surface area contributed by atoms with Crippen LogP contribution in [-0.4, -0.2) is 31.1 Å². The zero-order valence-electron chi connectivity index (χ0n) is 11.2. The fraction of sp³-hybridized carbons (Fsp3) is 0.571. The van der Waals surface area contributed by atoms with Crippen LogP contribution in [0.4, 0.5) is 13.2 Å². The van der Waals surface area contributed by atoms with Crippen LogP contribution in [0.2, 0.25) is 0 Å². The van der Waals surface area contributed by atoms with E-state index in [1.165, 1.54) is 12.1 Å². The molecule has 0 bridgehead atoms. The van der Waals surface area contributed by atoms with Crippen LogP contribution in [0.1, 0.15) is 30.5 Å². The smallest absolute Gasteiger partial charge is 0.306 e. The monoisotopic (exact) mass is 272 g/mol. The summed E-state index contributed by atoms with van der Waals surface area (Å²) in [6.45, 7) is 3.89. The van der Waals surface area contributed by atoms with Crippen molar-refractivity contribution in [2.75, 3.05) is 20.1 Å². The number of benzene rings is 1. The third kappa shape index (κ3) is 3.70. The van der Waals surface area contributed by atoms with Crippen molar-refractivity contribution in [3.8, 4) is 0 Å². The van der Waals surface area contributed by atoms with E-state index in [0.29, 0.717) is 11.6 Å². The SMILES string of the molecule is CC(NC1CCN(C)C1)c1cccc(C(F)(F)F)c1. The zero-order valence-corrected chi connectivity index (χ0v) is 11.2. The number of likely N-dealkylation sites (N-methyl/N-ethyl adjacent to an activating group) is 1. The molecular formula is C14H19F3N2. The Hall–Kier alpha value is -1.07. The van der Waals surface area contributed by atoms with Crippen molar-refractivity contribution in [1.29, 1.82) is 0 Å². The van der Waals surface area contributed by atoms with Gasteiger partial charge in [-0.2, -0.15) is 13.2 Å². The summed E-state index contributed by atoms with van der Waals surface area (Å²) in [5.74, 6) is 0. The summed E-state index contributed by atoms with van der Waals surface area (Å²) in [6.07, 6.45) is -3.23. The van der Waals surface area contributed by atoms with Crippen LogP contribution >= 0.6 is 0 Å². The zero-order chi connectivity index (χ0) is 14.0. The lowest BCUT2D eigenvalue weighted by molar-refractivity contribution is -0.137. The van der Waals surface area contributed by atoms with Crippen LogP contribution < -0.4 is 5.32 Å². The molecule has 0 spiro atoms. The second-order valence-electron chi connectivity index (χ2n) is 5.26. The van der Waals surface area contributed by atoms with Crippen LogP contribution in [0, 0.1) is 0 Å². The van der Waals surface area contributed by atoms with Gasteiger partial charge >= 0.3 is 6.18 Å². The molecule has 1 heterocycles. The van der Waals surface area contributed by atoms with Crippen molar-refractivity contribution >= 4 is 0 Å². The van der Waals surface area contributed by atoms with Crippen molar-refractivity contribution in [2.45, 2.75) is 31.6 Å². The van der Waals surface area contributed by atoms with Gasteiger partial charge in [0.05, 0.1) is 5.56 Å². The molecule has 106 valence electrons. The molecule has 5 heteroatoms. The van der Waals surface area contributed by atoms with Crippen molar-refractivity contribution in [3.05, 3.63) is 35.4 Å². The predicted molar refractivity (Wildman–Crippen MR) is 68.9 cm³/mol. The first-order chi connectivity index (χ1) is 8.86. The molecule has 2 unspecified atom stereocenters. The molecule has 1 aliphatic rings. The summed E-state index contributed by atoms with van der Waals surface area (Å²) in [4.78, 5) is 2.22. The molecule has 0 radical (unpaired) electrons. The quantitative estimate of drug-likeness (QED) is 0.909. The van der Waals surface area contributed by atoms with Gasteiger partial charge in [0, 0.05) is 18.6 Å². The van der Waals surface area contributed by atoms with E-state index in [9.17, 15) is 13.2 Å². The number of hydrogen-bond donors (Lipinski definition) is 1. The number of halogens is 3. The highest BCUT2D eigenvalue weighted by Gasteiger charge is 2.31. The largest absolute Gasteiger partial charge is 0.416 e. The second kappa shape index (κ2) is 5.51. The van der Waals surface area contributed by atoms with Gasteiger partial charge in [-0.25, -0.2) is 0 Å². The van der Waals surface area contributed by atoms with Gasteiger partial charge in [-0.05, 0) is 44.6 Å². The molecule has 19 heavy (non-hydrogen) atoms. The Kier molecular flexibility index (Phi) is 4.16. The van der Waals surface area contributed by atoms with E-state index in [2.05, 4.69) is 17.3 Å². The minimum absolute atomic E-state index is 0.0706. The third-order valence-electron chi connectivity index (χ3n) is 3.59. The van der Waals surface area contributed by atoms with Crippen LogP contribution in [0.3, 0.4) is 0 Å². The summed E-state index contributed by atoms with van der Waals surface area (Å²) < 4.78 is 38.0. The van der Waals surface area contributed by atoms with Gasteiger partial charge in [0.25, 0.3) is 0 Å². The van der Waals surface area contributed by atoms with Gasteiger partial charge in [0.1, 0.15) is 0 Å². The van der Waals surface area contributed by atoms with Crippen molar-refractivity contribution in [1.82, 2.24) is 10.2 Å². The number of rotatable bonds is 3. The molecule has 1 N–H and O–H groups in total. The molecule has 0 aromatic heterocycles. The van der Waals surface area contributed by atoms with Gasteiger partial charge < -0.3 is 10.2 Å². The Morgan fingerprint density at radius 2 is 2.11 bits per heavy atom. The molecule has 1 aromatic carbocycles. The lowest BCUT2D eigenvalue weighted by Crippen LogP contribution is -2.33. The van der Waals surface area contributed by atoms with Gasteiger partial charge in [-0.3, -0.25) is 0 Å². The van der Waals surface area contributed by atoms with Crippen LogP contribution in [0.25, 0.3) is 0 Å². The fourth-order valence-electron chi connectivity index (χ4n) is 2.51. The second-order valence-corrected chi connectivity index (χ2v) is 5.26.